The van der Waals surface area contributed by atoms with Crippen LogP contribution in [0.3, 0.4) is 0 Å². The van der Waals surface area contributed by atoms with Gasteiger partial charge in [-0.2, -0.15) is 0 Å². The van der Waals surface area contributed by atoms with Gasteiger partial charge in [0.2, 0.25) is 5.91 Å². The SMILES string of the molecule is CC(Cc1ccc2c(c1)CCC(=O)N2)N1CCNCC1. The van der Waals surface area contributed by atoms with Gasteiger partial charge in [-0.05, 0) is 37.0 Å². The maximum absolute atomic E-state index is 11.4. The lowest BCUT2D eigenvalue weighted by molar-refractivity contribution is -0.116. The molecule has 1 aromatic carbocycles. The highest BCUT2D eigenvalue weighted by Gasteiger charge is 2.18. The Kier molecular flexibility index (Phi) is 4.03. The Morgan fingerprint density at radius 1 is 1.25 bits per heavy atom. The third-order valence-electron chi connectivity index (χ3n) is 4.37. The van der Waals surface area contributed by atoms with E-state index in [-0.39, 0.29) is 5.91 Å². The quantitative estimate of drug-likeness (QED) is 0.875. The van der Waals surface area contributed by atoms with E-state index < -0.39 is 0 Å². The van der Waals surface area contributed by atoms with Crippen molar-refractivity contribution in [2.45, 2.75) is 32.2 Å². The number of amides is 1. The normalized spacial score (nSPS) is 21.1. The van der Waals surface area contributed by atoms with Crippen LogP contribution < -0.4 is 10.6 Å². The second kappa shape index (κ2) is 5.94. The van der Waals surface area contributed by atoms with Gasteiger partial charge in [0.1, 0.15) is 0 Å². The summed E-state index contributed by atoms with van der Waals surface area (Å²) in [6.45, 7) is 6.79. The molecule has 2 N–H and O–H groups in total. The second-order valence-electron chi connectivity index (χ2n) is 5.88. The van der Waals surface area contributed by atoms with Crippen molar-refractivity contribution in [2.75, 3.05) is 31.5 Å². The molecule has 1 amide bonds. The van der Waals surface area contributed by atoms with E-state index in [1.807, 2.05) is 0 Å². The summed E-state index contributed by atoms with van der Waals surface area (Å²) in [4.78, 5) is 13.9. The van der Waals surface area contributed by atoms with Crippen molar-refractivity contribution in [1.29, 1.82) is 0 Å². The molecule has 1 aromatic rings. The molecule has 0 aromatic heterocycles. The minimum atomic E-state index is 0.138. The van der Waals surface area contributed by atoms with Crippen LogP contribution in [0, 0.1) is 0 Å². The van der Waals surface area contributed by atoms with E-state index in [0.29, 0.717) is 12.5 Å². The van der Waals surface area contributed by atoms with Crippen molar-refractivity contribution in [1.82, 2.24) is 10.2 Å². The van der Waals surface area contributed by atoms with Crippen molar-refractivity contribution in [2.24, 2.45) is 0 Å². The first kappa shape index (κ1) is 13.6. The average molecular weight is 273 g/mol. The minimum Gasteiger partial charge on any atom is -0.326 e. The Hall–Kier alpha value is -1.39. The number of fused-ring (bicyclic) bond motifs is 1. The highest BCUT2D eigenvalue weighted by atomic mass is 16.1. The first-order chi connectivity index (χ1) is 9.72. The molecule has 1 atom stereocenters. The molecule has 1 saturated heterocycles. The Morgan fingerprint density at radius 3 is 2.85 bits per heavy atom. The number of nitrogens with one attached hydrogen (secondary N) is 2. The minimum absolute atomic E-state index is 0.138. The maximum atomic E-state index is 11.4. The Balaban J connectivity index is 1.67. The lowest BCUT2D eigenvalue weighted by Gasteiger charge is -2.33. The number of rotatable bonds is 3. The van der Waals surface area contributed by atoms with Crippen LogP contribution >= 0.6 is 0 Å². The fraction of sp³-hybridized carbons (Fsp3) is 0.562. The van der Waals surface area contributed by atoms with Crippen LogP contribution in [0.2, 0.25) is 0 Å². The number of benzene rings is 1. The fourth-order valence-corrected chi connectivity index (χ4v) is 3.16. The molecule has 3 rings (SSSR count). The Morgan fingerprint density at radius 2 is 2.05 bits per heavy atom. The van der Waals surface area contributed by atoms with Crippen LogP contribution in [-0.2, 0) is 17.6 Å². The first-order valence-corrected chi connectivity index (χ1v) is 7.59. The molecular formula is C16H23N3O. The summed E-state index contributed by atoms with van der Waals surface area (Å²) >= 11 is 0. The summed E-state index contributed by atoms with van der Waals surface area (Å²) < 4.78 is 0. The molecule has 4 nitrogen and oxygen atoms in total. The first-order valence-electron chi connectivity index (χ1n) is 7.59. The average Bonchev–Trinajstić information content (AvgIpc) is 2.48. The molecule has 2 aliphatic heterocycles. The number of aryl methyl sites for hydroxylation is 1. The van der Waals surface area contributed by atoms with Crippen LogP contribution in [0.25, 0.3) is 0 Å². The largest absolute Gasteiger partial charge is 0.326 e. The predicted octanol–water partition coefficient (Wildman–Crippen LogP) is 1.41. The molecule has 0 aliphatic carbocycles. The summed E-state index contributed by atoms with van der Waals surface area (Å²) in [6, 6.07) is 7.07. The van der Waals surface area contributed by atoms with Gasteiger partial charge in [0.05, 0.1) is 0 Å². The van der Waals surface area contributed by atoms with Crippen molar-refractivity contribution < 1.29 is 4.79 Å². The van der Waals surface area contributed by atoms with E-state index in [2.05, 4.69) is 40.7 Å². The molecule has 2 heterocycles. The molecular weight excluding hydrogens is 250 g/mol. The Bertz CT molecular complexity index is 494. The second-order valence-corrected chi connectivity index (χ2v) is 5.88. The molecule has 0 spiro atoms. The summed E-state index contributed by atoms with van der Waals surface area (Å²) in [6.07, 6.45) is 2.57. The summed E-state index contributed by atoms with van der Waals surface area (Å²) in [5.41, 5.74) is 3.67. The Labute approximate surface area is 120 Å². The smallest absolute Gasteiger partial charge is 0.224 e. The van der Waals surface area contributed by atoms with Gasteiger partial charge >= 0.3 is 0 Å². The van der Waals surface area contributed by atoms with Gasteiger partial charge in [0.25, 0.3) is 0 Å². The number of anilines is 1. The van der Waals surface area contributed by atoms with Gasteiger partial charge < -0.3 is 10.6 Å². The third kappa shape index (κ3) is 3.02. The van der Waals surface area contributed by atoms with Crippen molar-refractivity contribution in [3.8, 4) is 0 Å². The predicted molar refractivity (Wildman–Crippen MR) is 81.0 cm³/mol. The van der Waals surface area contributed by atoms with Gasteiger partial charge in [-0.15, -0.1) is 0 Å². The monoisotopic (exact) mass is 273 g/mol. The van der Waals surface area contributed by atoms with Gasteiger partial charge in [0.15, 0.2) is 0 Å². The van der Waals surface area contributed by atoms with E-state index in [0.717, 1.165) is 44.7 Å². The highest BCUT2D eigenvalue weighted by Crippen LogP contribution is 2.24. The zero-order chi connectivity index (χ0) is 13.9. The van der Waals surface area contributed by atoms with Gasteiger partial charge in [0, 0.05) is 44.3 Å². The van der Waals surface area contributed by atoms with E-state index >= 15 is 0 Å². The van der Waals surface area contributed by atoms with Gasteiger partial charge in [-0.1, -0.05) is 12.1 Å². The molecule has 20 heavy (non-hydrogen) atoms. The van der Waals surface area contributed by atoms with E-state index in [9.17, 15) is 4.79 Å². The molecule has 1 fully saturated rings. The lowest BCUT2D eigenvalue weighted by Crippen LogP contribution is -2.48. The summed E-state index contributed by atoms with van der Waals surface area (Å²) in [5, 5.41) is 6.34. The van der Waals surface area contributed by atoms with Crippen molar-refractivity contribution in [3.05, 3.63) is 29.3 Å². The third-order valence-corrected chi connectivity index (χ3v) is 4.37. The summed E-state index contributed by atoms with van der Waals surface area (Å²) in [7, 11) is 0. The van der Waals surface area contributed by atoms with Crippen LogP contribution in [0.1, 0.15) is 24.5 Å². The van der Waals surface area contributed by atoms with Crippen LogP contribution in [0.4, 0.5) is 5.69 Å². The van der Waals surface area contributed by atoms with Crippen molar-refractivity contribution in [3.63, 3.8) is 0 Å². The number of nitrogens with zero attached hydrogens (tertiary/aromatic N) is 1. The zero-order valence-corrected chi connectivity index (χ0v) is 12.1. The molecule has 4 heteroatoms. The van der Waals surface area contributed by atoms with E-state index in [4.69, 9.17) is 0 Å². The summed E-state index contributed by atoms with van der Waals surface area (Å²) in [5.74, 6) is 0.138. The number of piperazine rings is 1. The van der Waals surface area contributed by atoms with Crippen LogP contribution in [0.15, 0.2) is 18.2 Å². The van der Waals surface area contributed by atoms with Crippen LogP contribution in [-0.4, -0.2) is 43.0 Å². The maximum Gasteiger partial charge on any atom is 0.224 e. The molecule has 0 bridgehead atoms. The fourth-order valence-electron chi connectivity index (χ4n) is 3.16. The van der Waals surface area contributed by atoms with Crippen molar-refractivity contribution >= 4 is 11.6 Å². The molecule has 1 unspecified atom stereocenters. The zero-order valence-electron chi connectivity index (χ0n) is 12.1. The molecule has 0 saturated carbocycles. The highest BCUT2D eigenvalue weighted by molar-refractivity contribution is 5.93. The molecule has 2 aliphatic rings. The van der Waals surface area contributed by atoms with Gasteiger partial charge in [-0.25, -0.2) is 0 Å². The van der Waals surface area contributed by atoms with Crippen LogP contribution in [0.5, 0.6) is 0 Å². The number of hydrogen-bond donors (Lipinski definition) is 2. The number of carbonyl (C=O) groups is 1. The van der Waals surface area contributed by atoms with E-state index in [1.54, 1.807) is 0 Å². The molecule has 0 radical (unpaired) electrons. The number of carbonyl (C=O) groups excluding carboxylic acids is 1. The van der Waals surface area contributed by atoms with E-state index in [1.165, 1.54) is 11.1 Å². The number of hydrogen-bond acceptors (Lipinski definition) is 3. The lowest BCUT2D eigenvalue weighted by atomic mass is 9.97. The standard InChI is InChI=1S/C16H23N3O/c1-12(19-8-6-17-7-9-19)10-13-2-4-15-14(11-13)3-5-16(20)18-15/h2,4,11-12,17H,3,5-10H2,1H3,(H,18,20). The van der Waals surface area contributed by atoms with Gasteiger partial charge in [-0.3, -0.25) is 9.69 Å². The topological polar surface area (TPSA) is 44.4 Å². The molecule has 108 valence electrons.